The van der Waals surface area contributed by atoms with Gasteiger partial charge < -0.3 is 9.73 Å². The van der Waals surface area contributed by atoms with E-state index in [2.05, 4.69) is 31.1 Å². The van der Waals surface area contributed by atoms with E-state index in [1.165, 1.54) is 6.42 Å². The predicted octanol–water partition coefficient (Wildman–Crippen LogP) is 2.93. The Morgan fingerprint density at radius 3 is 2.87 bits per heavy atom. The number of hydrogen-bond donors (Lipinski definition) is 1. The Bertz CT molecular complexity index is 251. The van der Waals surface area contributed by atoms with Gasteiger partial charge in [0.15, 0.2) is 0 Å². The van der Waals surface area contributed by atoms with E-state index in [0.717, 1.165) is 18.2 Å². The van der Waals surface area contributed by atoms with Crippen molar-refractivity contribution in [3.8, 4) is 0 Å². The molecule has 1 aromatic heterocycles. The zero-order valence-corrected chi connectivity index (χ0v) is 10.5. The number of oxazole rings is 1. The monoisotopic (exact) mass is 228 g/mol. The summed E-state index contributed by atoms with van der Waals surface area (Å²) in [7, 11) is 0. The Hall–Kier alpha value is -0.480. The molecule has 0 fully saturated rings. The molecular formula is C11H20N2OS. The van der Waals surface area contributed by atoms with Crippen LogP contribution in [-0.2, 0) is 0 Å². The van der Waals surface area contributed by atoms with Crippen LogP contribution in [0.1, 0.15) is 33.6 Å². The summed E-state index contributed by atoms with van der Waals surface area (Å²) in [4.78, 5) is 4.12. The Balaban J connectivity index is 2.39. The highest BCUT2D eigenvalue weighted by Gasteiger charge is 2.17. The summed E-state index contributed by atoms with van der Waals surface area (Å²) in [6.07, 6.45) is 5.62. The SMILES string of the molecule is CCCNC(CC)C(C)Sc1ncco1. The van der Waals surface area contributed by atoms with Crippen LogP contribution in [0.2, 0.25) is 0 Å². The van der Waals surface area contributed by atoms with Crippen molar-refractivity contribution in [1.82, 2.24) is 10.3 Å². The first-order valence-electron chi connectivity index (χ1n) is 5.57. The van der Waals surface area contributed by atoms with Crippen molar-refractivity contribution >= 4 is 11.8 Å². The normalized spacial score (nSPS) is 15.1. The van der Waals surface area contributed by atoms with Gasteiger partial charge in [-0.2, -0.15) is 0 Å². The van der Waals surface area contributed by atoms with E-state index in [-0.39, 0.29) is 0 Å². The van der Waals surface area contributed by atoms with E-state index < -0.39 is 0 Å². The summed E-state index contributed by atoms with van der Waals surface area (Å²) < 4.78 is 5.23. The molecule has 1 N–H and O–H groups in total. The van der Waals surface area contributed by atoms with Gasteiger partial charge in [-0.25, -0.2) is 4.98 Å². The Kier molecular flexibility index (Phi) is 5.79. The molecule has 2 unspecified atom stereocenters. The molecule has 0 aliphatic heterocycles. The molecule has 0 radical (unpaired) electrons. The van der Waals surface area contributed by atoms with Gasteiger partial charge in [0, 0.05) is 11.3 Å². The van der Waals surface area contributed by atoms with E-state index in [1.54, 1.807) is 24.2 Å². The Morgan fingerprint density at radius 1 is 1.53 bits per heavy atom. The number of nitrogens with one attached hydrogen (secondary N) is 1. The first-order chi connectivity index (χ1) is 7.27. The van der Waals surface area contributed by atoms with Crippen LogP contribution in [0.5, 0.6) is 0 Å². The molecule has 1 rings (SSSR count). The third-order valence-electron chi connectivity index (χ3n) is 2.36. The Labute approximate surface area is 96.0 Å². The maximum Gasteiger partial charge on any atom is 0.255 e. The van der Waals surface area contributed by atoms with Gasteiger partial charge in [0.05, 0.1) is 6.20 Å². The van der Waals surface area contributed by atoms with E-state index in [1.807, 2.05) is 0 Å². The number of hydrogen-bond acceptors (Lipinski definition) is 4. The fourth-order valence-corrected chi connectivity index (χ4v) is 2.49. The summed E-state index contributed by atoms with van der Waals surface area (Å²) in [6, 6.07) is 0.529. The van der Waals surface area contributed by atoms with Gasteiger partial charge in [-0.05, 0) is 19.4 Å². The standard InChI is InChI=1S/C11H20N2OS/c1-4-6-12-10(5-2)9(3)15-11-13-7-8-14-11/h7-10,12H,4-6H2,1-3H3. The van der Waals surface area contributed by atoms with Crippen molar-refractivity contribution in [1.29, 1.82) is 0 Å². The molecule has 0 saturated carbocycles. The number of aromatic nitrogens is 1. The molecule has 0 aliphatic carbocycles. The molecule has 0 aromatic carbocycles. The van der Waals surface area contributed by atoms with Crippen LogP contribution >= 0.6 is 11.8 Å². The molecule has 1 aromatic rings. The van der Waals surface area contributed by atoms with Crippen LogP contribution in [0.25, 0.3) is 0 Å². The van der Waals surface area contributed by atoms with Gasteiger partial charge in [0.2, 0.25) is 0 Å². The van der Waals surface area contributed by atoms with Crippen LogP contribution in [0.3, 0.4) is 0 Å². The molecule has 2 atom stereocenters. The number of rotatable bonds is 7. The third kappa shape index (κ3) is 4.26. The molecule has 4 heteroatoms. The van der Waals surface area contributed by atoms with Crippen molar-refractivity contribution in [2.75, 3.05) is 6.54 Å². The first-order valence-corrected chi connectivity index (χ1v) is 6.45. The van der Waals surface area contributed by atoms with Gasteiger partial charge in [-0.1, -0.05) is 32.5 Å². The van der Waals surface area contributed by atoms with E-state index >= 15 is 0 Å². The molecule has 0 saturated heterocycles. The maximum absolute atomic E-state index is 5.23. The van der Waals surface area contributed by atoms with Gasteiger partial charge in [0.1, 0.15) is 6.26 Å². The lowest BCUT2D eigenvalue weighted by Crippen LogP contribution is -2.36. The zero-order chi connectivity index (χ0) is 11.1. The van der Waals surface area contributed by atoms with Gasteiger partial charge in [0.25, 0.3) is 5.22 Å². The fraction of sp³-hybridized carbons (Fsp3) is 0.727. The fourth-order valence-electron chi connectivity index (χ4n) is 1.48. The molecule has 0 amide bonds. The quantitative estimate of drug-likeness (QED) is 0.728. The molecular weight excluding hydrogens is 208 g/mol. The minimum absolute atomic E-state index is 0.486. The summed E-state index contributed by atoms with van der Waals surface area (Å²) >= 11 is 1.69. The third-order valence-corrected chi connectivity index (χ3v) is 3.46. The zero-order valence-electron chi connectivity index (χ0n) is 9.69. The maximum atomic E-state index is 5.23. The second-order valence-corrected chi connectivity index (χ2v) is 4.92. The highest BCUT2D eigenvalue weighted by Crippen LogP contribution is 2.24. The molecule has 0 aliphatic rings. The molecule has 1 heterocycles. The van der Waals surface area contributed by atoms with Gasteiger partial charge in [-0.15, -0.1) is 0 Å². The van der Waals surface area contributed by atoms with E-state index in [9.17, 15) is 0 Å². The smallest absolute Gasteiger partial charge is 0.255 e. The van der Waals surface area contributed by atoms with Crippen molar-refractivity contribution in [3.63, 3.8) is 0 Å². The van der Waals surface area contributed by atoms with Crippen LogP contribution in [0, 0.1) is 0 Å². The average molecular weight is 228 g/mol. The lowest BCUT2D eigenvalue weighted by Gasteiger charge is -2.22. The number of nitrogens with zero attached hydrogens (tertiary/aromatic N) is 1. The van der Waals surface area contributed by atoms with Crippen LogP contribution in [-0.4, -0.2) is 22.8 Å². The van der Waals surface area contributed by atoms with Gasteiger partial charge in [-0.3, -0.25) is 0 Å². The highest BCUT2D eigenvalue weighted by atomic mass is 32.2. The van der Waals surface area contributed by atoms with Crippen molar-refractivity contribution in [2.24, 2.45) is 0 Å². The highest BCUT2D eigenvalue weighted by molar-refractivity contribution is 7.99. The molecule has 3 nitrogen and oxygen atoms in total. The molecule has 0 bridgehead atoms. The van der Waals surface area contributed by atoms with Crippen LogP contribution in [0.4, 0.5) is 0 Å². The lowest BCUT2D eigenvalue weighted by atomic mass is 10.1. The second kappa shape index (κ2) is 6.90. The predicted molar refractivity (Wildman–Crippen MR) is 64.2 cm³/mol. The van der Waals surface area contributed by atoms with Crippen LogP contribution in [0.15, 0.2) is 22.1 Å². The minimum Gasteiger partial charge on any atom is -0.440 e. The van der Waals surface area contributed by atoms with E-state index in [0.29, 0.717) is 11.3 Å². The minimum atomic E-state index is 0.486. The van der Waals surface area contributed by atoms with Crippen molar-refractivity contribution < 1.29 is 4.42 Å². The summed E-state index contributed by atoms with van der Waals surface area (Å²) in [5.41, 5.74) is 0. The van der Waals surface area contributed by atoms with Crippen molar-refractivity contribution in [3.05, 3.63) is 12.5 Å². The van der Waals surface area contributed by atoms with Gasteiger partial charge >= 0.3 is 0 Å². The Morgan fingerprint density at radius 2 is 2.33 bits per heavy atom. The van der Waals surface area contributed by atoms with Crippen LogP contribution < -0.4 is 5.32 Å². The average Bonchev–Trinajstić information content (AvgIpc) is 2.71. The summed E-state index contributed by atoms with van der Waals surface area (Å²) in [5, 5.41) is 4.79. The number of thioether (sulfide) groups is 1. The largest absolute Gasteiger partial charge is 0.440 e. The topological polar surface area (TPSA) is 38.1 Å². The molecule has 86 valence electrons. The summed E-state index contributed by atoms with van der Waals surface area (Å²) in [6.45, 7) is 7.69. The summed E-state index contributed by atoms with van der Waals surface area (Å²) in [5.74, 6) is 0. The molecule has 15 heavy (non-hydrogen) atoms. The molecule has 0 spiro atoms. The first kappa shape index (κ1) is 12.6. The van der Waals surface area contributed by atoms with E-state index in [4.69, 9.17) is 4.42 Å². The second-order valence-electron chi connectivity index (χ2n) is 3.59. The lowest BCUT2D eigenvalue weighted by molar-refractivity contribution is 0.447. The van der Waals surface area contributed by atoms with Crippen molar-refractivity contribution in [2.45, 2.75) is 50.1 Å².